The predicted octanol–water partition coefficient (Wildman–Crippen LogP) is 2.82. The molecule has 0 unspecified atom stereocenters. The van der Waals surface area contributed by atoms with E-state index >= 15 is 0 Å². The van der Waals surface area contributed by atoms with Crippen LogP contribution in [-0.4, -0.2) is 4.98 Å². The molecule has 0 amide bonds. The normalized spacial score (nSPS) is 11.3. The molecule has 0 atom stereocenters. The van der Waals surface area contributed by atoms with Crippen LogP contribution >= 0.6 is 11.3 Å². The van der Waals surface area contributed by atoms with E-state index in [4.69, 9.17) is 5.26 Å². The van der Waals surface area contributed by atoms with Crippen molar-refractivity contribution in [1.29, 1.82) is 5.26 Å². The van der Waals surface area contributed by atoms with Crippen LogP contribution in [0.25, 0.3) is 0 Å². The largest absolute Gasteiger partial charge is 0.246 e. The minimum Gasteiger partial charge on any atom is -0.246 e. The van der Waals surface area contributed by atoms with Crippen LogP contribution in [0.5, 0.6) is 0 Å². The Bertz CT molecular complexity index is 339. The van der Waals surface area contributed by atoms with Gasteiger partial charge in [0, 0.05) is 10.3 Å². The molecule has 0 N–H and O–H groups in total. The Balaban J connectivity index is 3.04. The highest BCUT2D eigenvalue weighted by Gasteiger charge is 2.19. The van der Waals surface area contributed by atoms with E-state index in [1.165, 1.54) is 0 Å². The van der Waals surface area contributed by atoms with Crippen molar-refractivity contribution >= 4 is 11.3 Å². The van der Waals surface area contributed by atoms with Crippen molar-refractivity contribution in [2.75, 3.05) is 0 Å². The summed E-state index contributed by atoms with van der Waals surface area (Å²) in [5, 5.41) is 9.71. The van der Waals surface area contributed by atoms with Gasteiger partial charge in [-0.1, -0.05) is 20.8 Å². The molecule has 0 aliphatic carbocycles. The Morgan fingerprint density at radius 1 is 1.46 bits per heavy atom. The van der Waals surface area contributed by atoms with Crippen LogP contribution in [0.3, 0.4) is 0 Å². The van der Waals surface area contributed by atoms with Crippen molar-refractivity contribution in [1.82, 2.24) is 4.98 Å². The Morgan fingerprint density at radius 2 is 2.08 bits per heavy atom. The second kappa shape index (κ2) is 3.47. The molecular formula is C10H14N2S. The van der Waals surface area contributed by atoms with Gasteiger partial charge in [0.1, 0.15) is 0 Å². The number of aryl methyl sites for hydroxylation is 1. The molecule has 0 aliphatic heterocycles. The Labute approximate surface area is 83.2 Å². The van der Waals surface area contributed by atoms with E-state index in [2.05, 4.69) is 31.8 Å². The summed E-state index contributed by atoms with van der Waals surface area (Å²) >= 11 is 1.66. The maximum Gasteiger partial charge on any atom is 0.0984 e. The van der Waals surface area contributed by atoms with Crippen molar-refractivity contribution in [3.63, 3.8) is 0 Å². The van der Waals surface area contributed by atoms with Gasteiger partial charge in [-0.3, -0.25) is 0 Å². The number of thiazole rings is 1. The second-order valence-corrected chi connectivity index (χ2v) is 5.20. The Morgan fingerprint density at radius 3 is 2.46 bits per heavy atom. The SMILES string of the molecule is Cc1nc(C(C)(C)C)sc1CC#N. The van der Waals surface area contributed by atoms with Gasteiger partial charge in [0.25, 0.3) is 0 Å². The third kappa shape index (κ3) is 2.28. The zero-order valence-corrected chi connectivity index (χ0v) is 9.33. The average Bonchev–Trinajstić information content (AvgIpc) is 2.32. The number of nitriles is 1. The fourth-order valence-electron chi connectivity index (χ4n) is 0.985. The van der Waals surface area contributed by atoms with E-state index in [0.29, 0.717) is 6.42 Å². The molecule has 1 heterocycles. The van der Waals surface area contributed by atoms with Gasteiger partial charge < -0.3 is 0 Å². The highest BCUT2D eigenvalue weighted by atomic mass is 32.1. The van der Waals surface area contributed by atoms with E-state index in [9.17, 15) is 0 Å². The zero-order chi connectivity index (χ0) is 10.1. The topological polar surface area (TPSA) is 36.7 Å². The maximum atomic E-state index is 8.59. The fourth-order valence-corrected chi connectivity index (χ4v) is 2.04. The number of hydrogen-bond acceptors (Lipinski definition) is 3. The first-order valence-electron chi connectivity index (χ1n) is 4.29. The zero-order valence-electron chi connectivity index (χ0n) is 8.51. The quantitative estimate of drug-likeness (QED) is 0.689. The standard InChI is InChI=1S/C10H14N2S/c1-7-8(5-6-11)13-9(12-7)10(2,3)4/h5H2,1-4H3. The highest BCUT2D eigenvalue weighted by Crippen LogP contribution is 2.29. The van der Waals surface area contributed by atoms with Crippen LogP contribution in [0.1, 0.15) is 36.3 Å². The van der Waals surface area contributed by atoms with E-state index in [1.807, 2.05) is 6.92 Å². The molecule has 13 heavy (non-hydrogen) atoms. The summed E-state index contributed by atoms with van der Waals surface area (Å²) in [4.78, 5) is 5.57. The lowest BCUT2D eigenvalue weighted by atomic mass is 9.98. The smallest absolute Gasteiger partial charge is 0.0984 e. The summed E-state index contributed by atoms with van der Waals surface area (Å²) in [5.41, 5.74) is 1.11. The van der Waals surface area contributed by atoms with Crippen LogP contribution in [0.2, 0.25) is 0 Å². The molecule has 0 saturated carbocycles. The summed E-state index contributed by atoms with van der Waals surface area (Å²) in [6.07, 6.45) is 0.486. The van der Waals surface area contributed by atoms with Gasteiger partial charge in [-0.05, 0) is 6.92 Å². The number of rotatable bonds is 1. The Hall–Kier alpha value is -0.880. The van der Waals surface area contributed by atoms with Crippen molar-refractivity contribution in [3.8, 4) is 6.07 Å². The van der Waals surface area contributed by atoms with Gasteiger partial charge in [0.15, 0.2) is 0 Å². The minimum absolute atomic E-state index is 0.100. The van der Waals surface area contributed by atoms with Crippen molar-refractivity contribution in [3.05, 3.63) is 15.6 Å². The van der Waals surface area contributed by atoms with E-state index in [1.54, 1.807) is 11.3 Å². The summed E-state index contributed by atoms with van der Waals surface area (Å²) in [6.45, 7) is 8.39. The molecule has 0 aromatic carbocycles. The third-order valence-electron chi connectivity index (χ3n) is 1.77. The molecule has 1 aromatic heterocycles. The van der Waals surface area contributed by atoms with Gasteiger partial charge in [0.05, 0.1) is 23.2 Å². The lowest BCUT2D eigenvalue weighted by Gasteiger charge is -2.13. The van der Waals surface area contributed by atoms with E-state index in [0.717, 1.165) is 15.6 Å². The molecule has 0 radical (unpaired) electrons. The maximum absolute atomic E-state index is 8.59. The lowest BCUT2D eigenvalue weighted by Crippen LogP contribution is -2.10. The molecule has 1 aromatic rings. The molecule has 2 nitrogen and oxygen atoms in total. The molecule has 1 rings (SSSR count). The summed E-state index contributed by atoms with van der Waals surface area (Å²) in [7, 11) is 0. The molecule has 0 bridgehead atoms. The summed E-state index contributed by atoms with van der Waals surface area (Å²) < 4.78 is 0. The first kappa shape index (κ1) is 10.2. The van der Waals surface area contributed by atoms with Gasteiger partial charge in [0.2, 0.25) is 0 Å². The van der Waals surface area contributed by atoms with Crippen LogP contribution in [-0.2, 0) is 11.8 Å². The molecule has 0 saturated heterocycles. The first-order valence-corrected chi connectivity index (χ1v) is 5.10. The van der Waals surface area contributed by atoms with Crippen molar-refractivity contribution in [2.45, 2.75) is 39.5 Å². The molecule has 70 valence electrons. The van der Waals surface area contributed by atoms with E-state index in [-0.39, 0.29) is 5.41 Å². The van der Waals surface area contributed by atoms with Gasteiger partial charge >= 0.3 is 0 Å². The number of nitrogens with zero attached hydrogens (tertiary/aromatic N) is 2. The van der Waals surface area contributed by atoms with Gasteiger partial charge in [-0.2, -0.15) is 5.26 Å². The number of hydrogen-bond donors (Lipinski definition) is 0. The van der Waals surface area contributed by atoms with Crippen LogP contribution in [0.4, 0.5) is 0 Å². The fraction of sp³-hybridized carbons (Fsp3) is 0.600. The monoisotopic (exact) mass is 194 g/mol. The van der Waals surface area contributed by atoms with E-state index < -0.39 is 0 Å². The van der Waals surface area contributed by atoms with Crippen LogP contribution < -0.4 is 0 Å². The van der Waals surface area contributed by atoms with Crippen molar-refractivity contribution in [2.24, 2.45) is 0 Å². The van der Waals surface area contributed by atoms with Crippen molar-refractivity contribution < 1.29 is 0 Å². The first-order chi connectivity index (χ1) is 5.95. The average molecular weight is 194 g/mol. The molecular weight excluding hydrogens is 180 g/mol. The van der Waals surface area contributed by atoms with Crippen LogP contribution in [0.15, 0.2) is 0 Å². The van der Waals surface area contributed by atoms with Gasteiger partial charge in [-0.15, -0.1) is 11.3 Å². The molecule has 0 fully saturated rings. The van der Waals surface area contributed by atoms with Crippen LogP contribution in [0, 0.1) is 18.3 Å². The number of aromatic nitrogens is 1. The second-order valence-electron chi connectivity index (χ2n) is 4.11. The minimum atomic E-state index is 0.100. The predicted molar refractivity (Wildman–Crippen MR) is 54.9 cm³/mol. The summed E-state index contributed by atoms with van der Waals surface area (Å²) in [5.74, 6) is 0. The Kier molecular flexibility index (Phi) is 2.72. The molecule has 3 heteroatoms. The summed E-state index contributed by atoms with van der Waals surface area (Å²) in [6, 6.07) is 2.16. The lowest BCUT2D eigenvalue weighted by molar-refractivity contribution is 0.584. The van der Waals surface area contributed by atoms with Gasteiger partial charge in [-0.25, -0.2) is 4.98 Å². The molecule has 0 aliphatic rings. The third-order valence-corrected chi connectivity index (χ3v) is 3.36. The molecule has 0 spiro atoms. The highest BCUT2D eigenvalue weighted by molar-refractivity contribution is 7.11.